The Morgan fingerprint density at radius 2 is 1.85 bits per heavy atom. The molecule has 182 valence electrons. The quantitative estimate of drug-likeness (QED) is 0.519. The van der Waals surface area contributed by atoms with Crippen LogP contribution in [0.5, 0.6) is 0 Å². The molecule has 8 nitrogen and oxygen atoms in total. The molecule has 1 N–H and O–H groups in total. The van der Waals surface area contributed by atoms with Gasteiger partial charge in [0.25, 0.3) is 5.91 Å². The van der Waals surface area contributed by atoms with Gasteiger partial charge in [0.15, 0.2) is 5.69 Å². The summed E-state index contributed by atoms with van der Waals surface area (Å²) in [6, 6.07) is 10.0. The van der Waals surface area contributed by atoms with Crippen molar-refractivity contribution in [2.45, 2.75) is 76.4 Å². The highest BCUT2D eigenvalue weighted by Crippen LogP contribution is 2.32. The highest BCUT2D eigenvalue weighted by molar-refractivity contribution is 6.06. The number of benzene rings is 1. The Morgan fingerprint density at radius 3 is 2.50 bits per heavy atom. The molecule has 0 radical (unpaired) electrons. The van der Waals surface area contributed by atoms with Crippen molar-refractivity contribution >= 4 is 17.8 Å². The van der Waals surface area contributed by atoms with Crippen LogP contribution in [0, 0.1) is 0 Å². The summed E-state index contributed by atoms with van der Waals surface area (Å²) in [6.45, 7) is 4.41. The molecule has 0 bridgehead atoms. The third-order valence-electron chi connectivity index (χ3n) is 7.24. The Hall–Kier alpha value is -3.16. The van der Waals surface area contributed by atoms with Crippen LogP contribution >= 0.6 is 0 Å². The molecule has 34 heavy (non-hydrogen) atoms. The van der Waals surface area contributed by atoms with Gasteiger partial charge in [-0.05, 0) is 31.2 Å². The van der Waals surface area contributed by atoms with E-state index in [1.54, 1.807) is 9.47 Å². The van der Waals surface area contributed by atoms with E-state index in [2.05, 4.69) is 10.3 Å². The standard InChI is InChI=1S/C26H34N4O4/c1-18(19-11-7-6-8-12-19)15-30-23(31)22-21(24(32)34-3)27-17-29(22)16-26(30,2)25(33)28-20-13-9-4-5-10-14-20/h6-8,11-12,17-18,20H,4-5,9-10,13-16H2,1-3H3,(H,28,33)/t18-,26+/m0/s1. The van der Waals surface area contributed by atoms with Gasteiger partial charge in [-0.3, -0.25) is 9.59 Å². The highest BCUT2D eigenvalue weighted by atomic mass is 16.5. The normalized spacial score (nSPS) is 22.0. The Bertz CT molecular complexity index is 1040. The molecule has 8 heteroatoms. The fourth-order valence-corrected chi connectivity index (χ4v) is 5.15. The number of carbonyl (C=O) groups is 3. The lowest BCUT2D eigenvalue weighted by atomic mass is 9.90. The molecule has 1 aliphatic heterocycles. The zero-order chi connectivity index (χ0) is 24.3. The minimum atomic E-state index is -1.12. The van der Waals surface area contributed by atoms with Gasteiger partial charge in [0.2, 0.25) is 5.91 Å². The number of methoxy groups -OCH3 is 1. The van der Waals surface area contributed by atoms with Crippen molar-refractivity contribution in [2.24, 2.45) is 0 Å². The fraction of sp³-hybridized carbons (Fsp3) is 0.538. The first kappa shape index (κ1) is 24.0. The number of amides is 2. The van der Waals surface area contributed by atoms with E-state index in [1.807, 2.05) is 44.2 Å². The average Bonchev–Trinajstić information content (AvgIpc) is 3.09. The van der Waals surface area contributed by atoms with E-state index in [0.717, 1.165) is 31.2 Å². The van der Waals surface area contributed by atoms with Crippen molar-refractivity contribution in [3.05, 3.63) is 53.6 Å². The molecule has 2 aliphatic rings. The second-order valence-corrected chi connectivity index (χ2v) is 9.72. The summed E-state index contributed by atoms with van der Waals surface area (Å²) in [5, 5.41) is 3.25. The first-order chi connectivity index (χ1) is 16.3. The first-order valence-electron chi connectivity index (χ1n) is 12.2. The second kappa shape index (κ2) is 9.99. The van der Waals surface area contributed by atoms with Crippen molar-refractivity contribution in [1.82, 2.24) is 19.8 Å². The molecule has 1 aromatic carbocycles. The molecule has 0 unspecified atom stereocenters. The van der Waals surface area contributed by atoms with Crippen molar-refractivity contribution in [2.75, 3.05) is 13.7 Å². The number of aromatic nitrogens is 2. The largest absolute Gasteiger partial charge is 0.464 e. The lowest BCUT2D eigenvalue weighted by Crippen LogP contribution is -2.65. The number of esters is 1. The van der Waals surface area contributed by atoms with Crippen molar-refractivity contribution in [1.29, 1.82) is 0 Å². The van der Waals surface area contributed by atoms with Gasteiger partial charge >= 0.3 is 5.97 Å². The number of fused-ring (bicyclic) bond motifs is 1. The van der Waals surface area contributed by atoms with Crippen LogP contribution in [-0.2, 0) is 16.1 Å². The summed E-state index contributed by atoms with van der Waals surface area (Å²) in [6.07, 6.45) is 7.95. The van der Waals surface area contributed by atoms with Crippen LogP contribution in [0.15, 0.2) is 36.7 Å². The molecule has 1 aliphatic carbocycles. The second-order valence-electron chi connectivity index (χ2n) is 9.72. The van der Waals surface area contributed by atoms with Gasteiger partial charge in [0.1, 0.15) is 11.2 Å². The number of ether oxygens (including phenoxy) is 1. The number of nitrogens with one attached hydrogen (secondary N) is 1. The van der Waals surface area contributed by atoms with Crippen molar-refractivity contribution in [3.63, 3.8) is 0 Å². The summed E-state index contributed by atoms with van der Waals surface area (Å²) in [5.74, 6) is -1.21. The van der Waals surface area contributed by atoms with Crippen LogP contribution in [0.25, 0.3) is 0 Å². The molecule has 0 spiro atoms. The van der Waals surface area contributed by atoms with E-state index in [1.165, 1.54) is 26.3 Å². The third-order valence-corrected chi connectivity index (χ3v) is 7.24. The SMILES string of the molecule is COC(=O)c1ncn2c1C(=O)N(C[C@H](C)c1ccccc1)[C@@](C)(C(=O)NC1CCCCCC1)C2. The Kier molecular flexibility index (Phi) is 7.05. The Morgan fingerprint density at radius 1 is 1.18 bits per heavy atom. The predicted molar refractivity (Wildman–Crippen MR) is 127 cm³/mol. The van der Waals surface area contributed by atoms with Gasteiger partial charge in [-0.2, -0.15) is 0 Å². The molecule has 2 heterocycles. The number of hydrogen-bond donors (Lipinski definition) is 1. The van der Waals surface area contributed by atoms with Gasteiger partial charge in [-0.15, -0.1) is 0 Å². The van der Waals surface area contributed by atoms with E-state index < -0.39 is 11.5 Å². The summed E-state index contributed by atoms with van der Waals surface area (Å²) >= 11 is 0. The number of nitrogens with zero attached hydrogens (tertiary/aromatic N) is 3. The highest BCUT2D eigenvalue weighted by Gasteiger charge is 2.49. The molecule has 1 aromatic heterocycles. The van der Waals surface area contributed by atoms with E-state index >= 15 is 0 Å². The molecule has 2 atom stereocenters. The van der Waals surface area contributed by atoms with E-state index in [4.69, 9.17) is 4.74 Å². The van der Waals surface area contributed by atoms with Crippen LogP contribution in [0.3, 0.4) is 0 Å². The zero-order valence-corrected chi connectivity index (χ0v) is 20.3. The summed E-state index contributed by atoms with van der Waals surface area (Å²) in [4.78, 5) is 45.6. The lowest BCUT2D eigenvalue weighted by molar-refractivity contribution is -0.133. The maximum absolute atomic E-state index is 13.8. The molecule has 2 aromatic rings. The van der Waals surface area contributed by atoms with Gasteiger partial charge in [-0.1, -0.05) is 62.9 Å². The summed E-state index contributed by atoms with van der Waals surface area (Å²) in [5.41, 5.74) is 0.116. The number of hydrogen-bond acceptors (Lipinski definition) is 5. The molecular weight excluding hydrogens is 432 g/mol. The molecular formula is C26H34N4O4. The Labute approximate surface area is 200 Å². The molecule has 2 amide bonds. The summed E-state index contributed by atoms with van der Waals surface area (Å²) < 4.78 is 6.46. The summed E-state index contributed by atoms with van der Waals surface area (Å²) in [7, 11) is 1.26. The van der Waals surface area contributed by atoms with E-state index in [-0.39, 0.29) is 41.7 Å². The maximum Gasteiger partial charge on any atom is 0.359 e. The monoisotopic (exact) mass is 466 g/mol. The van der Waals surface area contributed by atoms with Gasteiger partial charge in [0.05, 0.1) is 20.0 Å². The Balaban J connectivity index is 1.68. The molecule has 0 saturated heterocycles. The smallest absolute Gasteiger partial charge is 0.359 e. The first-order valence-corrected chi connectivity index (χ1v) is 12.2. The topological polar surface area (TPSA) is 93.5 Å². The number of carbonyl (C=O) groups excluding carboxylic acids is 3. The van der Waals surface area contributed by atoms with Crippen LogP contribution in [0.2, 0.25) is 0 Å². The number of imidazole rings is 1. The van der Waals surface area contributed by atoms with Gasteiger partial charge < -0.3 is 19.5 Å². The minimum absolute atomic E-state index is 0.00814. The van der Waals surface area contributed by atoms with Crippen LogP contribution in [0.4, 0.5) is 0 Å². The van der Waals surface area contributed by atoms with Crippen molar-refractivity contribution in [3.8, 4) is 0 Å². The fourth-order valence-electron chi connectivity index (χ4n) is 5.15. The third kappa shape index (κ3) is 4.58. The molecule has 1 fully saturated rings. The van der Waals surface area contributed by atoms with Crippen molar-refractivity contribution < 1.29 is 19.1 Å². The van der Waals surface area contributed by atoms with Crippen LogP contribution < -0.4 is 5.32 Å². The average molecular weight is 467 g/mol. The van der Waals surface area contributed by atoms with Gasteiger partial charge in [0, 0.05) is 12.6 Å². The maximum atomic E-state index is 13.8. The molecule has 4 rings (SSSR count). The minimum Gasteiger partial charge on any atom is -0.464 e. The van der Waals surface area contributed by atoms with E-state index in [0.29, 0.717) is 6.54 Å². The lowest BCUT2D eigenvalue weighted by Gasteiger charge is -2.45. The van der Waals surface area contributed by atoms with Crippen LogP contribution in [0.1, 0.15) is 84.8 Å². The number of rotatable bonds is 6. The zero-order valence-electron chi connectivity index (χ0n) is 20.3. The predicted octanol–water partition coefficient (Wildman–Crippen LogP) is 3.53. The van der Waals surface area contributed by atoms with Gasteiger partial charge in [-0.25, -0.2) is 9.78 Å². The molecule has 1 saturated carbocycles. The van der Waals surface area contributed by atoms with E-state index in [9.17, 15) is 14.4 Å². The van der Waals surface area contributed by atoms with Crippen LogP contribution in [-0.4, -0.2) is 57.5 Å².